The summed E-state index contributed by atoms with van der Waals surface area (Å²) in [6, 6.07) is 13.8. The van der Waals surface area contributed by atoms with E-state index in [9.17, 15) is 4.79 Å². The number of rotatable bonds is 4. The molecule has 1 aromatic heterocycles. The molecule has 2 aliphatic heterocycles. The smallest absolute Gasteiger partial charge is 0.254 e. The van der Waals surface area contributed by atoms with Gasteiger partial charge >= 0.3 is 0 Å². The fraction of sp³-hybridized carbons (Fsp3) is 0.375. The molecule has 2 aliphatic rings. The van der Waals surface area contributed by atoms with Gasteiger partial charge in [-0.25, -0.2) is 9.97 Å². The molecular weight excluding hydrogens is 390 g/mol. The summed E-state index contributed by atoms with van der Waals surface area (Å²) in [5.41, 5.74) is 2.66. The third-order valence-corrected chi connectivity index (χ3v) is 6.26. The Hall–Kier alpha value is -3.35. The minimum Gasteiger partial charge on any atom is -0.495 e. The van der Waals surface area contributed by atoms with Crippen LogP contribution in [0.4, 0.5) is 11.5 Å². The number of amides is 1. The number of carbonyl (C=O) groups is 1. The Bertz CT molecular complexity index is 1090. The quantitative estimate of drug-likeness (QED) is 0.650. The highest BCUT2D eigenvalue weighted by Crippen LogP contribution is 2.30. The Morgan fingerprint density at radius 3 is 2.45 bits per heavy atom. The second-order valence-corrected chi connectivity index (χ2v) is 8.07. The number of anilines is 2. The van der Waals surface area contributed by atoms with Crippen molar-refractivity contribution in [2.45, 2.75) is 12.8 Å². The highest BCUT2D eigenvalue weighted by atomic mass is 16.5. The van der Waals surface area contributed by atoms with Gasteiger partial charge in [0.15, 0.2) is 0 Å². The van der Waals surface area contributed by atoms with Crippen molar-refractivity contribution in [1.29, 1.82) is 0 Å². The number of hydrogen-bond donors (Lipinski definition) is 0. The van der Waals surface area contributed by atoms with Gasteiger partial charge in [-0.1, -0.05) is 12.1 Å². The maximum atomic E-state index is 13.3. The lowest BCUT2D eigenvalue weighted by atomic mass is 10.1. The van der Waals surface area contributed by atoms with Crippen molar-refractivity contribution in [2.75, 3.05) is 56.2 Å². The van der Waals surface area contributed by atoms with Crippen molar-refractivity contribution >= 4 is 28.3 Å². The van der Waals surface area contributed by atoms with E-state index < -0.39 is 0 Å². The molecule has 0 bridgehead atoms. The van der Waals surface area contributed by atoms with Crippen LogP contribution in [0.5, 0.6) is 5.75 Å². The minimum absolute atomic E-state index is 0.0674. The second kappa shape index (κ2) is 8.41. The normalized spacial score (nSPS) is 16.7. The van der Waals surface area contributed by atoms with Gasteiger partial charge in [0.25, 0.3) is 5.91 Å². The van der Waals surface area contributed by atoms with Crippen LogP contribution in [0, 0.1) is 0 Å². The van der Waals surface area contributed by atoms with Crippen molar-refractivity contribution in [1.82, 2.24) is 14.9 Å². The number of piperazine rings is 1. The molecule has 5 rings (SSSR count). The number of methoxy groups -OCH3 is 1. The lowest BCUT2D eigenvalue weighted by molar-refractivity contribution is 0.0747. The number of aromatic nitrogens is 2. The summed E-state index contributed by atoms with van der Waals surface area (Å²) in [5.74, 6) is 1.88. The molecular formula is C24H27N5O2. The standard InChI is InChI=1S/C24H27N5O2/c1-31-22-7-3-2-6-21(22)27-12-14-29(15-13-27)24(30)18-8-9-20-19(16-18)23(26-17-25-20)28-10-4-5-11-28/h2-3,6-9,16-17H,4-5,10-15H2,1H3. The van der Waals surface area contributed by atoms with Crippen molar-refractivity contribution in [3.05, 3.63) is 54.4 Å². The second-order valence-electron chi connectivity index (χ2n) is 8.07. The molecule has 160 valence electrons. The molecule has 0 N–H and O–H groups in total. The molecule has 7 nitrogen and oxygen atoms in total. The first kappa shape index (κ1) is 19.6. The molecule has 0 spiro atoms. The van der Waals surface area contributed by atoms with Crippen LogP contribution in [0.15, 0.2) is 48.8 Å². The highest BCUT2D eigenvalue weighted by molar-refractivity contribution is 6.00. The third kappa shape index (κ3) is 3.76. The molecule has 2 aromatic carbocycles. The summed E-state index contributed by atoms with van der Waals surface area (Å²) in [4.78, 5) is 28.7. The zero-order valence-corrected chi connectivity index (χ0v) is 17.8. The van der Waals surface area contributed by atoms with Crippen molar-refractivity contribution in [3.8, 4) is 5.75 Å². The van der Waals surface area contributed by atoms with Gasteiger partial charge in [0, 0.05) is 50.2 Å². The average Bonchev–Trinajstić information content (AvgIpc) is 3.38. The van der Waals surface area contributed by atoms with Crippen LogP contribution in [-0.2, 0) is 0 Å². The van der Waals surface area contributed by atoms with Gasteiger partial charge in [-0.05, 0) is 43.2 Å². The van der Waals surface area contributed by atoms with Crippen LogP contribution < -0.4 is 14.5 Å². The summed E-state index contributed by atoms with van der Waals surface area (Å²) >= 11 is 0. The molecule has 2 fully saturated rings. The number of fused-ring (bicyclic) bond motifs is 1. The fourth-order valence-corrected chi connectivity index (χ4v) is 4.58. The fourth-order valence-electron chi connectivity index (χ4n) is 4.58. The zero-order chi connectivity index (χ0) is 21.2. The first-order valence-corrected chi connectivity index (χ1v) is 10.9. The Morgan fingerprint density at radius 2 is 1.68 bits per heavy atom. The molecule has 0 atom stereocenters. The number of nitrogens with zero attached hydrogens (tertiary/aromatic N) is 5. The largest absolute Gasteiger partial charge is 0.495 e. The number of benzene rings is 2. The molecule has 3 aromatic rings. The number of hydrogen-bond acceptors (Lipinski definition) is 6. The maximum Gasteiger partial charge on any atom is 0.254 e. The summed E-state index contributed by atoms with van der Waals surface area (Å²) in [5, 5.41) is 0.961. The Morgan fingerprint density at radius 1 is 0.903 bits per heavy atom. The molecule has 0 unspecified atom stereocenters. The average molecular weight is 418 g/mol. The molecule has 7 heteroatoms. The summed E-state index contributed by atoms with van der Waals surface area (Å²) in [7, 11) is 1.69. The minimum atomic E-state index is 0.0674. The predicted molar refractivity (Wildman–Crippen MR) is 122 cm³/mol. The molecule has 0 aliphatic carbocycles. The Kier molecular flexibility index (Phi) is 5.32. The maximum absolute atomic E-state index is 13.3. The molecule has 0 radical (unpaired) electrons. The van der Waals surface area contributed by atoms with Crippen LogP contribution in [0.1, 0.15) is 23.2 Å². The number of ether oxygens (including phenoxy) is 1. The van der Waals surface area contributed by atoms with Crippen LogP contribution in [-0.4, -0.2) is 67.2 Å². The molecule has 3 heterocycles. The van der Waals surface area contributed by atoms with Crippen LogP contribution in [0.2, 0.25) is 0 Å². The third-order valence-electron chi connectivity index (χ3n) is 6.26. The van der Waals surface area contributed by atoms with Gasteiger partial charge in [-0.15, -0.1) is 0 Å². The SMILES string of the molecule is COc1ccccc1N1CCN(C(=O)c2ccc3ncnc(N4CCCC4)c3c2)CC1. The number of carbonyl (C=O) groups excluding carboxylic acids is 1. The highest BCUT2D eigenvalue weighted by Gasteiger charge is 2.25. The van der Waals surface area contributed by atoms with Gasteiger partial charge in [-0.2, -0.15) is 0 Å². The van der Waals surface area contributed by atoms with E-state index in [0.717, 1.165) is 54.3 Å². The predicted octanol–water partition coefficient (Wildman–Crippen LogP) is 3.20. The molecule has 31 heavy (non-hydrogen) atoms. The van der Waals surface area contributed by atoms with E-state index in [1.54, 1.807) is 13.4 Å². The van der Waals surface area contributed by atoms with Gasteiger partial charge in [0.2, 0.25) is 0 Å². The van der Waals surface area contributed by atoms with Crippen molar-refractivity contribution in [2.24, 2.45) is 0 Å². The lowest BCUT2D eigenvalue weighted by Crippen LogP contribution is -2.48. The topological polar surface area (TPSA) is 61.8 Å². The van der Waals surface area contributed by atoms with E-state index in [2.05, 4.69) is 25.8 Å². The Labute approximate surface area is 182 Å². The van der Waals surface area contributed by atoms with Crippen LogP contribution in [0.3, 0.4) is 0 Å². The molecule has 1 amide bonds. The number of para-hydroxylation sites is 2. The van der Waals surface area contributed by atoms with Crippen LogP contribution in [0.25, 0.3) is 10.9 Å². The van der Waals surface area contributed by atoms with E-state index in [0.29, 0.717) is 18.7 Å². The van der Waals surface area contributed by atoms with E-state index in [-0.39, 0.29) is 5.91 Å². The molecule has 2 saturated heterocycles. The van der Waals surface area contributed by atoms with E-state index >= 15 is 0 Å². The summed E-state index contributed by atoms with van der Waals surface area (Å²) in [6.07, 6.45) is 3.98. The Balaban J connectivity index is 1.34. The first-order valence-electron chi connectivity index (χ1n) is 10.9. The van der Waals surface area contributed by atoms with E-state index in [4.69, 9.17) is 4.74 Å². The summed E-state index contributed by atoms with van der Waals surface area (Å²) < 4.78 is 5.50. The lowest BCUT2D eigenvalue weighted by Gasteiger charge is -2.36. The summed E-state index contributed by atoms with van der Waals surface area (Å²) in [6.45, 7) is 4.94. The van der Waals surface area contributed by atoms with Crippen molar-refractivity contribution in [3.63, 3.8) is 0 Å². The van der Waals surface area contributed by atoms with Gasteiger partial charge in [0.05, 0.1) is 18.3 Å². The van der Waals surface area contributed by atoms with Gasteiger partial charge in [0.1, 0.15) is 17.9 Å². The van der Waals surface area contributed by atoms with E-state index in [1.807, 2.05) is 41.3 Å². The van der Waals surface area contributed by atoms with Crippen LogP contribution >= 0.6 is 0 Å². The van der Waals surface area contributed by atoms with Gasteiger partial charge < -0.3 is 19.4 Å². The van der Waals surface area contributed by atoms with E-state index in [1.165, 1.54) is 12.8 Å². The zero-order valence-electron chi connectivity index (χ0n) is 17.8. The molecule has 0 saturated carbocycles. The first-order chi connectivity index (χ1) is 15.2. The van der Waals surface area contributed by atoms with Crippen molar-refractivity contribution < 1.29 is 9.53 Å². The monoisotopic (exact) mass is 417 g/mol. The van der Waals surface area contributed by atoms with Gasteiger partial charge in [-0.3, -0.25) is 4.79 Å².